The molecule has 1 aliphatic heterocycles. The molecule has 1 N–H and O–H groups in total. The number of nitrogens with one attached hydrogen (secondary N) is 1. The highest BCUT2D eigenvalue weighted by atomic mass is 32.2. The quantitative estimate of drug-likeness (QED) is 0.912. The molecule has 0 atom stereocenters. The average Bonchev–Trinajstić information content (AvgIpc) is 2.91. The van der Waals surface area contributed by atoms with Crippen LogP contribution in [0.2, 0.25) is 0 Å². The zero-order chi connectivity index (χ0) is 13.0. The zero-order valence-electron chi connectivity index (χ0n) is 11.4. The Morgan fingerprint density at radius 3 is 2.63 bits per heavy atom. The highest BCUT2D eigenvalue weighted by Gasteiger charge is 2.36. The molecule has 0 radical (unpaired) electrons. The van der Waals surface area contributed by atoms with Gasteiger partial charge in [0.15, 0.2) is 5.17 Å². The monoisotopic (exact) mass is 274 g/mol. The molecule has 1 spiro atoms. The van der Waals surface area contributed by atoms with E-state index in [-0.39, 0.29) is 0 Å². The Kier molecular flexibility index (Phi) is 4.12. The normalized spacial score (nSPS) is 21.4. The summed E-state index contributed by atoms with van der Waals surface area (Å²) in [6.45, 7) is 2.04. The van der Waals surface area contributed by atoms with Crippen LogP contribution < -0.4 is 5.32 Å². The van der Waals surface area contributed by atoms with Crippen LogP contribution in [0.3, 0.4) is 0 Å². The molecule has 1 aromatic carbocycles. The van der Waals surface area contributed by atoms with Crippen LogP contribution in [-0.4, -0.2) is 24.0 Å². The zero-order valence-corrected chi connectivity index (χ0v) is 12.2. The van der Waals surface area contributed by atoms with E-state index in [0.717, 1.165) is 24.7 Å². The van der Waals surface area contributed by atoms with Gasteiger partial charge in [-0.2, -0.15) is 0 Å². The third kappa shape index (κ3) is 3.33. The smallest absolute Gasteiger partial charge is 0.156 e. The molecule has 19 heavy (non-hydrogen) atoms. The van der Waals surface area contributed by atoms with Crippen molar-refractivity contribution >= 4 is 16.9 Å². The minimum absolute atomic E-state index is 0.551. The van der Waals surface area contributed by atoms with E-state index in [0.29, 0.717) is 5.41 Å². The van der Waals surface area contributed by atoms with Gasteiger partial charge in [-0.05, 0) is 30.2 Å². The minimum Gasteiger partial charge on any atom is -0.365 e. The van der Waals surface area contributed by atoms with E-state index in [1.165, 1.54) is 37.0 Å². The number of rotatable bonds is 3. The first-order chi connectivity index (χ1) is 9.36. The van der Waals surface area contributed by atoms with Crippen LogP contribution in [0.4, 0.5) is 0 Å². The Labute approximate surface area is 120 Å². The number of hydrogen-bond acceptors (Lipinski definition) is 3. The summed E-state index contributed by atoms with van der Waals surface area (Å²) in [4.78, 5) is 4.76. The first-order valence-electron chi connectivity index (χ1n) is 7.31. The number of aliphatic imine (C=N–C) groups is 1. The third-order valence-corrected chi connectivity index (χ3v) is 5.57. The van der Waals surface area contributed by atoms with Gasteiger partial charge < -0.3 is 5.32 Å². The van der Waals surface area contributed by atoms with Crippen LogP contribution in [0.1, 0.15) is 31.2 Å². The highest BCUT2D eigenvalue weighted by molar-refractivity contribution is 8.13. The maximum absolute atomic E-state index is 4.76. The summed E-state index contributed by atoms with van der Waals surface area (Å²) >= 11 is 1.93. The fourth-order valence-corrected chi connectivity index (χ4v) is 4.23. The molecule has 102 valence electrons. The molecular formula is C16H22N2S. The van der Waals surface area contributed by atoms with Gasteiger partial charge in [-0.3, -0.25) is 4.99 Å². The summed E-state index contributed by atoms with van der Waals surface area (Å²) in [5, 5.41) is 4.65. The standard InChI is InChI=1S/C16H22N2S/c1-2-6-14(7-3-1)8-11-17-15-18-12-16(13-19-15)9-4-5-10-16/h1-3,6-7H,4-5,8-13H2,(H,17,18). The molecule has 1 saturated carbocycles. The van der Waals surface area contributed by atoms with Gasteiger partial charge in [-0.1, -0.05) is 54.9 Å². The lowest BCUT2D eigenvalue weighted by molar-refractivity contribution is 0.358. The molecule has 1 aromatic rings. The van der Waals surface area contributed by atoms with Crippen molar-refractivity contribution in [2.45, 2.75) is 32.1 Å². The molecule has 0 unspecified atom stereocenters. The van der Waals surface area contributed by atoms with Crippen molar-refractivity contribution in [2.24, 2.45) is 10.4 Å². The van der Waals surface area contributed by atoms with Crippen LogP contribution in [0.5, 0.6) is 0 Å². The van der Waals surface area contributed by atoms with E-state index in [9.17, 15) is 0 Å². The molecule has 1 heterocycles. The van der Waals surface area contributed by atoms with E-state index < -0.39 is 0 Å². The van der Waals surface area contributed by atoms with Crippen LogP contribution in [0, 0.1) is 5.41 Å². The Bertz CT molecular complexity index is 435. The second-order valence-corrected chi connectivity index (χ2v) is 6.74. The molecule has 3 heteroatoms. The van der Waals surface area contributed by atoms with E-state index in [1.54, 1.807) is 0 Å². The second kappa shape index (κ2) is 6.00. The maximum atomic E-state index is 4.76. The van der Waals surface area contributed by atoms with Gasteiger partial charge in [0.05, 0.1) is 0 Å². The van der Waals surface area contributed by atoms with Crippen LogP contribution in [0.15, 0.2) is 35.3 Å². The Balaban J connectivity index is 1.45. The average molecular weight is 274 g/mol. The van der Waals surface area contributed by atoms with Crippen molar-refractivity contribution in [3.8, 4) is 0 Å². The molecule has 0 saturated heterocycles. The molecule has 0 aromatic heterocycles. The fraction of sp³-hybridized carbons (Fsp3) is 0.562. The van der Waals surface area contributed by atoms with Gasteiger partial charge in [0.2, 0.25) is 0 Å². The number of amidine groups is 1. The van der Waals surface area contributed by atoms with Crippen LogP contribution in [0.25, 0.3) is 0 Å². The third-order valence-electron chi connectivity index (χ3n) is 4.27. The van der Waals surface area contributed by atoms with E-state index in [2.05, 4.69) is 35.6 Å². The molecular weight excluding hydrogens is 252 g/mol. The fourth-order valence-electron chi connectivity index (χ4n) is 3.05. The lowest BCUT2D eigenvalue weighted by Crippen LogP contribution is -2.34. The molecule has 3 rings (SSSR count). The van der Waals surface area contributed by atoms with Gasteiger partial charge >= 0.3 is 0 Å². The van der Waals surface area contributed by atoms with Crippen LogP contribution >= 0.6 is 11.8 Å². The summed E-state index contributed by atoms with van der Waals surface area (Å²) in [5.74, 6) is 1.27. The van der Waals surface area contributed by atoms with E-state index in [4.69, 9.17) is 4.99 Å². The molecule has 2 aliphatic rings. The van der Waals surface area contributed by atoms with Crippen LogP contribution in [-0.2, 0) is 6.42 Å². The van der Waals surface area contributed by atoms with Crippen molar-refractivity contribution < 1.29 is 0 Å². The van der Waals surface area contributed by atoms with Gasteiger partial charge in [-0.25, -0.2) is 0 Å². The van der Waals surface area contributed by atoms with Crippen molar-refractivity contribution in [3.05, 3.63) is 35.9 Å². The van der Waals surface area contributed by atoms with Crippen molar-refractivity contribution in [1.29, 1.82) is 0 Å². The maximum Gasteiger partial charge on any atom is 0.156 e. The first kappa shape index (κ1) is 13.0. The SMILES string of the molecule is c1ccc(CCNC2=NCC3(CCCC3)CS2)cc1. The molecule has 0 bridgehead atoms. The molecule has 1 aliphatic carbocycles. The molecule has 1 fully saturated rings. The number of thioether (sulfide) groups is 1. The molecule has 2 nitrogen and oxygen atoms in total. The predicted octanol–water partition coefficient (Wildman–Crippen LogP) is 3.48. The Morgan fingerprint density at radius 1 is 1.16 bits per heavy atom. The number of benzene rings is 1. The topological polar surface area (TPSA) is 24.4 Å². The second-order valence-electron chi connectivity index (χ2n) is 5.78. The van der Waals surface area contributed by atoms with Gasteiger partial charge in [-0.15, -0.1) is 0 Å². The van der Waals surface area contributed by atoms with Gasteiger partial charge in [0.1, 0.15) is 0 Å². The van der Waals surface area contributed by atoms with E-state index >= 15 is 0 Å². The Morgan fingerprint density at radius 2 is 1.95 bits per heavy atom. The summed E-state index contributed by atoms with van der Waals surface area (Å²) in [6, 6.07) is 10.6. The summed E-state index contributed by atoms with van der Waals surface area (Å²) in [5.41, 5.74) is 1.94. The lowest BCUT2D eigenvalue weighted by Gasteiger charge is -2.31. The van der Waals surface area contributed by atoms with Gasteiger partial charge in [0, 0.05) is 18.8 Å². The van der Waals surface area contributed by atoms with Crippen molar-refractivity contribution in [3.63, 3.8) is 0 Å². The predicted molar refractivity (Wildman–Crippen MR) is 83.8 cm³/mol. The van der Waals surface area contributed by atoms with Crippen molar-refractivity contribution in [2.75, 3.05) is 18.8 Å². The number of hydrogen-bond donors (Lipinski definition) is 1. The highest BCUT2D eigenvalue weighted by Crippen LogP contribution is 2.43. The van der Waals surface area contributed by atoms with Crippen molar-refractivity contribution in [1.82, 2.24) is 5.32 Å². The summed E-state index contributed by atoms with van der Waals surface area (Å²) < 4.78 is 0. The summed E-state index contributed by atoms with van der Waals surface area (Å²) in [6.07, 6.45) is 6.67. The van der Waals surface area contributed by atoms with Gasteiger partial charge in [0.25, 0.3) is 0 Å². The minimum atomic E-state index is 0.551. The lowest BCUT2D eigenvalue weighted by atomic mass is 9.89. The Hall–Kier alpha value is -0.960. The summed E-state index contributed by atoms with van der Waals surface area (Å²) in [7, 11) is 0. The molecule has 0 amide bonds. The number of nitrogens with zero attached hydrogens (tertiary/aromatic N) is 1. The first-order valence-corrected chi connectivity index (χ1v) is 8.30. The largest absolute Gasteiger partial charge is 0.365 e. The van der Waals surface area contributed by atoms with E-state index in [1.807, 2.05) is 11.8 Å².